The summed E-state index contributed by atoms with van der Waals surface area (Å²) in [5, 5.41) is 4.11. The molecule has 0 unspecified atom stereocenters. The lowest BCUT2D eigenvalue weighted by molar-refractivity contribution is 0.193. The fourth-order valence-corrected chi connectivity index (χ4v) is 1.19. The Morgan fingerprint density at radius 3 is 2.08 bits per heavy atom. The van der Waals surface area contributed by atoms with Gasteiger partial charge in [0.2, 0.25) is 0 Å². The van der Waals surface area contributed by atoms with Crippen molar-refractivity contribution in [3.05, 3.63) is 0 Å². The lowest BCUT2D eigenvalue weighted by Crippen LogP contribution is -2.15. The van der Waals surface area contributed by atoms with Crippen LogP contribution >= 0.6 is 11.8 Å². The summed E-state index contributed by atoms with van der Waals surface area (Å²) in [6, 6.07) is 0. The Labute approximate surface area is 79.7 Å². The zero-order chi connectivity index (χ0) is 9.56. The first-order valence-corrected chi connectivity index (χ1v) is 5.67. The van der Waals surface area contributed by atoms with Crippen molar-refractivity contribution in [2.45, 2.75) is 27.7 Å². The molecular formula is C9H19NOS. The molecule has 0 rings (SSSR count). The standard InChI is InChI=1S/C9H19NOS/c1-7(2)9(8(3)4)10-11-6-12-5/h7-8H,6H2,1-5H3. The highest BCUT2D eigenvalue weighted by molar-refractivity contribution is 7.98. The molecule has 0 atom stereocenters. The summed E-state index contributed by atoms with van der Waals surface area (Å²) in [6.07, 6.45) is 2.00. The van der Waals surface area contributed by atoms with Crippen molar-refractivity contribution in [2.24, 2.45) is 17.0 Å². The van der Waals surface area contributed by atoms with Crippen LogP contribution in [0, 0.1) is 11.8 Å². The SMILES string of the molecule is CSCON=C(C(C)C)C(C)C. The first-order chi connectivity index (χ1) is 5.59. The molecule has 72 valence electrons. The first kappa shape index (κ1) is 11.8. The van der Waals surface area contributed by atoms with E-state index in [2.05, 4.69) is 32.9 Å². The number of nitrogens with zero attached hydrogens (tertiary/aromatic N) is 1. The maximum absolute atomic E-state index is 5.12. The van der Waals surface area contributed by atoms with Crippen LogP contribution in [0.1, 0.15) is 27.7 Å². The van der Waals surface area contributed by atoms with Gasteiger partial charge in [0.15, 0.2) is 5.94 Å². The monoisotopic (exact) mass is 189 g/mol. The maximum atomic E-state index is 5.12. The Bertz CT molecular complexity index is 133. The van der Waals surface area contributed by atoms with Crippen LogP contribution in [0.5, 0.6) is 0 Å². The van der Waals surface area contributed by atoms with E-state index >= 15 is 0 Å². The van der Waals surface area contributed by atoms with E-state index in [1.54, 1.807) is 11.8 Å². The fraction of sp³-hybridized carbons (Fsp3) is 0.889. The zero-order valence-electron chi connectivity index (χ0n) is 8.63. The molecule has 2 nitrogen and oxygen atoms in total. The topological polar surface area (TPSA) is 21.6 Å². The van der Waals surface area contributed by atoms with E-state index in [-0.39, 0.29) is 0 Å². The molecule has 0 bridgehead atoms. The Hall–Kier alpha value is -0.180. The Morgan fingerprint density at radius 1 is 1.25 bits per heavy atom. The molecule has 12 heavy (non-hydrogen) atoms. The number of rotatable bonds is 5. The molecule has 0 aromatic rings. The maximum Gasteiger partial charge on any atom is 0.162 e. The van der Waals surface area contributed by atoms with Crippen LogP contribution in [0.4, 0.5) is 0 Å². The largest absolute Gasteiger partial charge is 0.385 e. The van der Waals surface area contributed by atoms with Crippen LogP contribution in [0.2, 0.25) is 0 Å². The molecule has 0 aromatic carbocycles. The molecule has 0 spiro atoms. The van der Waals surface area contributed by atoms with E-state index in [9.17, 15) is 0 Å². The van der Waals surface area contributed by atoms with Gasteiger partial charge in [0.1, 0.15) is 0 Å². The van der Waals surface area contributed by atoms with Gasteiger partial charge < -0.3 is 4.84 Å². The Balaban J connectivity index is 4.00. The summed E-state index contributed by atoms with van der Waals surface area (Å²) in [4.78, 5) is 5.12. The summed E-state index contributed by atoms with van der Waals surface area (Å²) in [5.74, 6) is 1.60. The van der Waals surface area contributed by atoms with Crippen molar-refractivity contribution in [2.75, 3.05) is 12.2 Å². The minimum atomic E-state index is 0.479. The van der Waals surface area contributed by atoms with Gasteiger partial charge in [-0.1, -0.05) is 32.9 Å². The van der Waals surface area contributed by atoms with E-state index in [4.69, 9.17) is 4.84 Å². The second kappa shape index (κ2) is 6.35. The normalized spacial score (nSPS) is 10.6. The Morgan fingerprint density at radius 2 is 1.75 bits per heavy atom. The number of hydrogen-bond acceptors (Lipinski definition) is 3. The minimum absolute atomic E-state index is 0.479. The van der Waals surface area contributed by atoms with Crippen LogP contribution in [-0.2, 0) is 4.84 Å². The van der Waals surface area contributed by atoms with E-state index < -0.39 is 0 Å². The summed E-state index contributed by atoms with van der Waals surface area (Å²) in [7, 11) is 0. The van der Waals surface area contributed by atoms with Gasteiger partial charge in [-0.25, -0.2) is 0 Å². The molecule has 0 amide bonds. The molecule has 0 heterocycles. The highest BCUT2D eigenvalue weighted by atomic mass is 32.2. The van der Waals surface area contributed by atoms with Crippen LogP contribution in [-0.4, -0.2) is 17.9 Å². The van der Waals surface area contributed by atoms with E-state index in [0.29, 0.717) is 17.8 Å². The number of hydrogen-bond donors (Lipinski definition) is 0. The van der Waals surface area contributed by atoms with E-state index in [1.165, 1.54) is 0 Å². The quantitative estimate of drug-likeness (QED) is 0.287. The van der Waals surface area contributed by atoms with Crippen LogP contribution in [0.15, 0.2) is 5.16 Å². The molecular weight excluding hydrogens is 170 g/mol. The second-order valence-corrected chi connectivity index (χ2v) is 4.17. The molecule has 0 saturated heterocycles. The predicted octanol–water partition coefficient (Wildman–Crippen LogP) is 2.99. The van der Waals surface area contributed by atoms with Crippen molar-refractivity contribution in [3.8, 4) is 0 Å². The molecule has 0 aliphatic heterocycles. The fourth-order valence-electron chi connectivity index (χ4n) is 1.03. The van der Waals surface area contributed by atoms with Crippen molar-refractivity contribution >= 4 is 17.5 Å². The molecule has 0 N–H and O–H groups in total. The van der Waals surface area contributed by atoms with Gasteiger partial charge >= 0.3 is 0 Å². The second-order valence-electron chi connectivity index (χ2n) is 3.36. The summed E-state index contributed by atoms with van der Waals surface area (Å²) in [5.41, 5.74) is 1.14. The first-order valence-electron chi connectivity index (χ1n) is 4.28. The lowest BCUT2D eigenvalue weighted by Gasteiger charge is -2.12. The van der Waals surface area contributed by atoms with Gasteiger partial charge in [0, 0.05) is 0 Å². The lowest BCUT2D eigenvalue weighted by atomic mass is 9.98. The third-order valence-electron chi connectivity index (χ3n) is 1.52. The van der Waals surface area contributed by atoms with Crippen molar-refractivity contribution in [1.29, 1.82) is 0 Å². The van der Waals surface area contributed by atoms with Gasteiger partial charge in [0.05, 0.1) is 5.71 Å². The van der Waals surface area contributed by atoms with Gasteiger partial charge in [-0.05, 0) is 18.1 Å². The third kappa shape index (κ3) is 4.65. The summed E-state index contributed by atoms with van der Waals surface area (Å²) >= 11 is 1.64. The van der Waals surface area contributed by atoms with E-state index in [0.717, 1.165) is 5.71 Å². The Kier molecular flexibility index (Phi) is 6.25. The number of oxime groups is 1. The van der Waals surface area contributed by atoms with Gasteiger partial charge in [-0.3, -0.25) is 0 Å². The molecule has 3 heteroatoms. The smallest absolute Gasteiger partial charge is 0.162 e. The average molecular weight is 189 g/mol. The van der Waals surface area contributed by atoms with Gasteiger partial charge in [0.25, 0.3) is 0 Å². The summed E-state index contributed by atoms with van der Waals surface area (Å²) in [6.45, 7) is 8.56. The average Bonchev–Trinajstić information content (AvgIpc) is 1.96. The molecule has 0 aromatic heterocycles. The highest BCUT2D eigenvalue weighted by Gasteiger charge is 2.10. The number of thioether (sulfide) groups is 1. The zero-order valence-corrected chi connectivity index (χ0v) is 9.44. The molecule has 0 saturated carbocycles. The highest BCUT2D eigenvalue weighted by Crippen LogP contribution is 2.08. The molecule has 0 aliphatic carbocycles. The molecule has 0 radical (unpaired) electrons. The van der Waals surface area contributed by atoms with Crippen LogP contribution in [0.25, 0.3) is 0 Å². The van der Waals surface area contributed by atoms with E-state index in [1.807, 2.05) is 6.26 Å². The van der Waals surface area contributed by atoms with Gasteiger partial charge in [-0.15, -0.1) is 11.8 Å². The van der Waals surface area contributed by atoms with Gasteiger partial charge in [-0.2, -0.15) is 0 Å². The van der Waals surface area contributed by atoms with Crippen LogP contribution in [0.3, 0.4) is 0 Å². The minimum Gasteiger partial charge on any atom is -0.385 e. The van der Waals surface area contributed by atoms with Crippen molar-refractivity contribution in [3.63, 3.8) is 0 Å². The van der Waals surface area contributed by atoms with Crippen molar-refractivity contribution in [1.82, 2.24) is 0 Å². The predicted molar refractivity (Wildman–Crippen MR) is 56.6 cm³/mol. The third-order valence-corrected chi connectivity index (χ3v) is 1.86. The van der Waals surface area contributed by atoms with Crippen LogP contribution < -0.4 is 0 Å². The molecule has 0 aliphatic rings. The summed E-state index contributed by atoms with van der Waals surface area (Å²) < 4.78 is 0. The van der Waals surface area contributed by atoms with Crippen molar-refractivity contribution < 1.29 is 4.84 Å². The molecule has 0 fully saturated rings.